The molecule has 3 N–H and O–H groups in total. The number of aliphatic hydroxyl groups is 1. The van der Waals surface area contributed by atoms with E-state index in [0.29, 0.717) is 12.0 Å². The van der Waals surface area contributed by atoms with Crippen molar-refractivity contribution in [1.29, 1.82) is 0 Å². The largest absolute Gasteiger partial charge is 0.389 e. The van der Waals surface area contributed by atoms with E-state index in [1.54, 1.807) is 0 Å². The van der Waals surface area contributed by atoms with E-state index in [0.717, 1.165) is 25.7 Å². The minimum Gasteiger partial charge on any atom is -0.389 e. The van der Waals surface area contributed by atoms with Crippen molar-refractivity contribution in [1.82, 2.24) is 10.6 Å². The Morgan fingerprint density at radius 3 is 2.16 bits per heavy atom. The Labute approximate surface area is 117 Å². The van der Waals surface area contributed by atoms with Crippen LogP contribution in [0.15, 0.2) is 0 Å². The predicted molar refractivity (Wildman–Crippen MR) is 78.0 cm³/mol. The van der Waals surface area contributed by atoms with E-state index < -0.39 is 5.60 Å². The smallest absolute Gasteiger partial charge is 0.234 e. The summed E-state index contributed by atoms with van der Waals surface area (Å²) in [6, 6.07) is 0. The van der Waals surface area contributed by atoms with E-state index in [-0.39, 0.29) is 18.0 Å². The maximum atomic E-state index is 11.7. The van der Waals surface area contributed by atoms with Crippen LogP contribution in [0.1, 0.15) is 60.3 Å². The lowest BCUT2D eigenvalue weighted by Gasteiger charge is -2.40. The Hall–Kier alpha value is -0.610. The first-order valence-electron chi connectivity index (χ1n) is 7.26. The summed E-state index contributed by atoms with van der Waals surface area (Å²) in [5.41, 5.74) is -0.502. The third-order valence-corrected chi connectivity index (χ3v) is 3.79. The van der Waals surface area contributed by atoms with Gasteiger partial charge in [0.25, 0.3) is 0 Å². The number of hydrogen-bond donors (Lipinski definition) is 3. The summed E-state index contributed by atoms with van der Waals surface area (Å²) in [6.07, 6.45) is 3.71. The van der Waals surface area contributed by atoms with Gasteiger partial charge < -0.3 is 15.7 Å². The number of carbonyl (C=O) groups excluding carboxylic acids is 1. The van der Waals surface area contributed by atoms with Gasteiger partial charge in [-0.2, -0.15) is 0 Å². The fourth-order valence-electron chi connectivity index (χ4n) is 2.44. The van der Waals surface area contributed by atoms with Crippen LogP contribution in [-0.2, 0) is 4.79 Å². The van der Waals surface area contributed by atoms with Gasteiger partial charge in [-0.25, -0.2) is 0 Å². The molecule has 0 heterocycles. The Morgan fingerprint density at radius 1 is 1.16 bits per heavy atom. The van der Waals surface area contributed by atoms with Crippen molar-refractivity contribution in [2.75, 3.05) is 13.1 Å². The zero-order valence-corrected chi connectivity index (χ0v) is 13.1. The van der Waals surface area contributed by atoms with E-state index in [2.05, 4.69) is 24.5 Å². The van der Waals surface area contributed by atoms with Crippen LogP contribution < -0.4 is 10.6 Å². The Balaban J connectivity index is 2.28. The zero-order valence-electron chi connectivity index (χ0n) is 13.1. The number of hydrogen-bond acceptors (Lipinski definition) is 3. The lowest BCUT2D eigenvalue weighted by molar-refractivity contribution is -0.121. The lowest BCUT2D eigenvalue weighted by atomic mass is 9.71. The topological polar surface area (TPSA) is 61.4 Å². The standard InChI is InChI=1S/C15H30N2O2/c1-13(2,3)17-12(18)10-16-11-15(19)8-6-14(4,5)7-9-15/h16,19H,6-11H2,1-5H3,(H,17,18). The second kappa shape index (κ2) is 5.80. The molecule has 0 bridgehead atoms. The molecule has 0 radical (unpaired) electrons. The highest BCUT2D eigenvalue weighted by Crippen LogP contribution is 2.39. The van der Waals surface area contributed by atoms with Crippen molar-refractivity contribution in [3.8, 4) is 0 Å². The molecule has 4 heteroatoms. The number of rotatable bonds is 4. The highest BCUT2D eigenvalue weighted by molar-refractivity contribution is 5.78. The molecule has 1 rings (SSSR count). The third-order valence-electron chi connectivity index (χ3n) is 3.79. The van der Waals surface area contributed by atoms with E-state index in [1.807, 2.05) is 20.8 Å². The van der Waals surface area contributed by atoms with Gasteiger partial charge in [-0.3, -0.25) is 4.79 Å². The van der Waals surface area contributed by atoms with Crippen molar-refractivity contribution >= 4 is 5.91 Å². The van der Waals surface area contributed by atoms with Crippen molar-refractivity contribution in [2.24, 2.45) is 5.41 Å². The fraction of sp³-hybridized carbons (Fsp3) is 0.933. The molecule has 0 aromatic heterocycles. The molecule has 112 valence electrons. The van der Waals surface area contributed by atoms with Crippen LogP contribution in [0.5, 0.6) is 0 Å². The van der Waals surface area contributed by atoms with E-state index in [9.17, 15) is 9.90 Å². The summed E-state index contributed by atoms with van der Waals surface area (Å²) in [6.45, 7) is 11.1. The average Bonchev–Trinajstić information content (AvgIpc) is 2.21. The highest BCUT2D eigenvalue weighted by Gasteiger charge is 2.36. The van der Waals surface area contributed by atoms with Gasteiger partial charge in [0.2, 0.25) is 5.91 Å². The molecule has 1 amide bonds. The molecule has 0 aliphatic heterocycles. The lowest BCUT2D eigenvalue weighted by Crippen LogP contribution is -2.49. The van der Waals surface area contributed by atoms with Crippen LogP contribution in [0.4, 0.5) is 0 Å². The summed E-state index contributed by atoms with van der Waals surface area (Å²) >= 11 is 0. The molecule has 19 heavy (non-hydrogen) atoms. The molecular formula is C15H30N2O2. The predicted octanol–water partition coefficient (Wildman–Crippen LogP) is 1.82. The molecule has 0 saturated heterocycles. The second-order valence-corrected chi connectivity index (χ2v) is 7.79. The van der Waals surface area contributed by atoms with Crippen LogP contribution in [0, 0.1) is 5.41 Å². The molecule has 0 aromatic rings. The number of carbonyl (C=O) groups is 1. The molecule has 0 unspecified atom stereocenters. The molecule has 1 fully saturated rings. The van der Waals surface area contributed by atoms with Gasteiger partial charge in [-0.1, -0.05) is 13.8 Å². The van der Waals surface area contributed by atoms with E-state index in [1.165, 1.54) is 0 Å². The highest BCUT2D eigenvalue weighted by atomic mass is 16.3. The second-order valence-electron chi connectivity index (χ2n) is 7.79. The van der Waals surface area contributed by atoms with Crippen LogP contribution in [0.25, 0.3) is 0 Å². The van der Waals surface area contributed by atoms with Gasteiger partial charge in [0.05, 0.1) is 12.1 Å². The molecule has 0 spiro atoms. The monoisotopic (exact) mass is 270 g/mol. The van der Waals surface area contributed by atoms with Gasteiger partial charge in [-0.15, -0.1) is 0 Å². The first kappa shape index (κ1) is 16.4. The molecule has 1 aliphatic carbocycles. The Bertz CT molecular complexity index is 309. The quantitative estimate of drug-likeness (QED) is 0.730. The SMILES string of the molecule is CC1(C)CCC(O)(CNCC(=O)NC(C)(C)C)CC1. The molecule has 1 saturated carbocycles. The zero-order chi connectivity index (χ0) is 14.7. The number of nitrogens with one attached hydrogen (secondary N) is 2. The average molecular weight is 270 g/mol. The summed E-state index contributed by atoms with van der Waals surface area (Å²) in [7, 11) is 0. The number of amides is 1. The fourth-order valence-corrected chi connectivity index (χ4v) is 2.44. The maximum Gasteiger partial charge on any atom is 0.234 e. The summed E-state index contributed by atoms with van der Waals surface area (Å²) in [5.74, 6) is -0.0211. The minimum atomic E-state index is -0.641. The van der Waals surface area contributed by atoms with Gasteiger partial charge in [0.1, 0.15) is 0 Å². The maximum absolute atomic E-state index is 11.7. The van der Waals surface area contributed by atoms with E-state index in [4.69, 9.17) is 0 Å². The Kier molecular flexibility index (Phi) is 5.02. The Morgan fingerprint density at radius 2 is 1.68 bits per heavy atom. The first-order chi connectivity index (χ1) is 8.52. The molecule has 1 aliphatic rings. The normalized spacial score (nSPS) is 22.0. The summed E-state index contributed by atoms with van der Waals surface area (Å²) < 4.78 is 0. The van der Waals surface area contributed by atoms with Crippen LogP contribution in [0.3, 0.4) is 0 Å². The molecular weight excluding hydrogens is 240 g/mol. The third kappa shape index (κ3) is 6.39. The van der Waals surface area contributed by atoms with Crippen molar-refractivity contribution in [2.45, 2.75) is 71.4 Å². The van der Waals surface area contributed by atoms with Crippen molar-refractivity contribution < 1.29 is 9.90 Å². The van der Waals surface area contributed by atoms with Gasteiger partial charge in [-0.05, 0) is 51.9 Å². The van der Waals surface area contributed by atoms with Crippen molar-refractivity contribution in [3.63, 3.8) is 0 Å². The first-order valence-corrected chi connectivity index (χ1v) is 7.26. The molecule has 0 atom stereocenters. The molecule has 0 aromatic carbocycles. The van der Waals surface area contributed by atoms with Gasteiger partial charge in [0.15, 0.2) is 0 Å². The summed E-state index contributed by atoms with van der Waals surface area (Å²) in [4.78, 5) is 11.7. The van der Waals surface area contributed by atoms with Crippen LogP contribution >= 0.6 is 0 Å². The summed E-state index contributed by atoms with van der Waals surface area (Å²) in [5, 5.41) is 16.4. The minimum absolute atomic E-state index is 0.0211. The van der Waals surface area contributed by atoms with Gasteiger partial charge >= 0.3 is 0 Å². The van der Waals surface area contributed by atoms with Crippen LogP contribution in [0.2, 0.25) is 0 Å². The van der Waals surface area contributed by atoms with E-state index >= 15 is 0 Å². The van der Waals surface area contributed by atoms with Crippen molar-refractivity contribution in [3.05, 3.63) is 0 Å². The molecule has 4 nitrogen and oxygen atoms in total. The van der Waals surface area contributed by atoms with Gasteiger partial charge in [0, 0.05) is 12.1 Å². The van der Waals surface area contributed by atoms with Crippen LogP contribution in [-0.4, -0.2) is 35.2 Å².